The number of nitrogens with zero attached hydrogens (tertiary/aromatic N) is 2. The molecule has 0 saturated carbocycles. The summed E-state index contributed by atoms with van der Waals surface area (Å²) in [4.78, 5) is 19.5. The number of halogens is 2. The monoisotopic (exact) mass is 495 g/mol. The molecule has 1 amide bonds. The van der Waals surface area contributed by atoms with Gasteiger partial charge in [-0.3, -0.25) is 15.1 Å². The van der Waals surface area contributed by atoms with Crippen molar-refractivity contribution < 1.29 is 9.53 Å². The molecule has 32 heavy (non-hydrogen) atoms. The van der Waals surface area contributed by atoms with E-state index in [0.29, 0.717) is 55.7 Å². The molecular formula is C22H27Cl2N5O2S. The van der Waals surface area contributed by atoms with Crippen LogP contribution in [-0.4, -0.2) is 55.1 Å². The molecule has 0 atom stereocenters. The highest BCUT2D eigenvalue weighted by atomic mass is 35.5. The Morgan fingerprint density at radius 3 is 2.62 bits per heavy atom. The molecule has 0 unspecified atom stereocenters. The molecule has 0 bridgehead atoms. The van der Waals surface area contributed by atoms with Gasteiger partial charge in [-0.15, -0.1) is 11.3 Å². The van der Waals surface area contributed by atoms with Crippen molar-refractivity contribution in [1.82, 2.24) is 10.2 Å². The number of anilines is 1. The predicted molar refractivity (Wildman–Crippen MR) is 133 cm³/mol. The first-order valence-corrected chi connectivity index (χ1v) is 12.0. The summed E-state index contributed by atoms with van der Waals surface area (Å²) in [5.41, 5.74) is 7.71. The Hall–Kier alpha value is -2.13. The molecule has 1 fully saturated rings. The third-order valence-electron chi connectivity index (χ3n) is 5.00. The first-order chi connectivity index (χ1) is 15.3. The molecule has 10 heteroatoms. The van der Waals surface area contributed by atoms with Crippen molar-refractivity contribution in [3.05, 3.63) is 44.2 Å². The minimum Gasteiger partial charge on any atom is -0.491 e. The molecule has 0 aliphatic carbocycles. The molecule has 1 aliphatic rings. The van der Waals surface area contributed by atoms with E-state index in [1.165, 1.54) is 12.8 Å². The smallest absolute Gasteiger partial charge is 0.261 e. The van der Waals surface area contributed by atoms with E-state index in [1.807, 2.05) is 6.92 Å². The molecule has 172 valence electrons. The summed E-state index contributed by atoms with van der Waals surface area (Å²) < 4.78 is 5.96. The van der Waals surface area contributed by atoms with Crippen molar-refractivity contribution in [3.63, 3.8) is 0 Å². The molecule has 1 aromatic heterocycles. The van der Waals surface area contributed by atoms with E-state index in [1.54, 1.807) is 25.1 Å². The average Bonchev–Trinajstić information content (AvgIpc) is 3.38. The van der Waals surface area contributed by atoms with Crippen LogP contribution in [0.3, 0.4) is 0 Å². The zero-order valence-corrected chi connectivity index (χ0v) is 20.5. The van der Waals surface area contributed by atoms with Gasteiger partial charge in [-0.05, 0) is 58.0 Å². The summed E-state index contributed by atoms with van der Waals surface area (Å²) in [6.45, 7) is 7.41. The quantitative estimate of drug-likeness (QED) is 0.364. The Kier molecular flexibility index (Phi) is 8.53. The molecular weight excluding hydrogens is 469 g/mol. The van der Waals surface area contributed by atoms with Gasteiger partial charge in [-0.1, -0.05) is 23.2 Å². The van der Waals surface area contributed by atoms with Gasteiger partial charge < -0.3 is 15.8 Å². The van der Waals surface area contributed by atoms with E-state index in [2.05, 4.69) is 15.2 Å². The van der Waals surface area contributed by atoms with Crippen LogP contribution in [0.4, 0.5) is 5.00 Å². The first-order valence-electron chi connectivity index (χ1n) is 10.5. The summed E-state index contributed by atoms with van der Waals surface area (Å²) in [7, 11) is 0. The van der Waals surface area contributed by atoms with E-state index in [4.69, 9.17) is 39.1 Å². The highest BCUT2D eigenvalue weighted by Gasteiger charge is 2.22. The number of hydrogen-bond donors (Lipinski definition) is 3. The predicted octanol–water partition coefficient (Wildman–Crippen LogP) is 4.70. The van der Waals surface area contributed by atoms with Crippen LogP contribution in [-0.2, 0) is 0 Å². The third kappa shape index (κ3) is 6.01. The Morgan fingerprint density at radius 1 is 1.25 bits per heavy atom. The maximum absolute atomic E-state index is 12.3. The van der Waals surface area contributed by atoms with Crippen LogP contribution in [0, 0.1) is 5.41 Å². The highest BCUT2D eigenvalue weighted by Crippen LogP contribution is 2.35. The molecule has 0 spiro atoms. The van der Waals surface area contributed by atoms with Crippen LogP contribution >= 0.6 is 34.5 Å². The van der Waals surface area contributed by atoms with Crippen molar-refractivity contribution in [2.45, 2.75) is 26.7 Å². The van der Waals surface area contributed by atoms with Crippen LogP contribution in [0.5, 0.6) is 5.75 Å². The average molecular weight is 496 g/mol. The second-order valence-electron chi connectivity index (χ2n) is 7.45. The van der Waals surface area contributed by atoms with E-state index in [-0.39, 0.29) is 11.7 Å². The fraction of sp³-hybridized carbons (Fsp3) is 0.409. The lowest BCUT2D eigenvalue weighted by molar-refractivity contribution is 0.0960. The van der Waals surface area contributed by atoms with Gasteiger partial charge in [0.25, 0.3) is 5.91 Å². The fourth-order valence-electron chi connectivity index (χ4n) is 3.50. The molecule has 7 nitrogen and oxygen atoms in total. The number of ether oxygens (including phenoxy) is 1. The molecule has 3 rings (SSSR count). The number of thiophene rings is 1. The summed E-state index contributed by atoms with van der Waals surface area (Å²) in [5, 5.41) is 11.8. The second kappa shape index (κ2) is 11.1. The lowest BCUT2D eigenvalue weighted by Gasteiger charge is -2.17. The van der Waals surface area contributed by atoms with Gasteiger partial charge in [0.05, 0.1) is 25.6 Å². The van der Waals surface area contributed by atoms with E-state index < -0.39 is 0 Å². The van der Waals surface area contributed by atoms with Gasteiger partial charge in [0.1, 0.15) is 18.2 Å². The summed E-state index contributed by atoms with van der Waals surface area (Å²) in [5.74, 6) is 0.348. The number of nitrogens with two attached hydrogens (primary N) is 1. The van der Waals surface area contributed by atoms with Gasteiger partial charge in [0.2, 0.25) is 0 Å². The molecule has 1 saturated heterocycles. The van der Waals surface area contributed by atoms with E-state index in [0.717, 1.165) is 31.0 Å². The highest BCUT2D eigenvalue weighted by molar-refractivity contribution is 7.18. The second-order valence-corrected chi connectivity index (χ2v) is 9.35. The largest absolute Gasteiger partial charge is 0.491 e. The molecule has 1 aromatic carbocycles. The van der Waals surface area contributed by atoms with Crippen molar-refractivity contribution in [3.8, 4) is 5.75 Å². The van der Waals surface area contributed by atoms with Crippen LogP contribution in [0.25, 0.3) is 0 Å². The Labute approximate surface area is 202 Å². The first kappa shape index (κ1) is 24.5. The number of amidine groups is 1. The Balaban J connectivity index is 1.94. The number of aliphatic imine (C=N–C) groups is 1. The zero-order chi connectivity index (χ0) is 23.3. The van der Waals surface area contributed by atoms with Crippen molar-refractivity contribution in [2.75, 3.05) is 38.5 Å². The summed E-state index contributed by atoms with van der Waals surface area (Å²) in [6, 6.07) is 5.00. The minimum absolute atomic E-state index is 0.0766. The van der Waals surface area contributed by atoms with Gasteiger partial charge >= 0.3 is 0 Å². The number of benzene rings is 1. The lowest BCUT2D eigenvalue weighted by Crippen LogP contribution is -2.25. The number of carbonyl (C=O) groups excluding carboxylic acids is 1. The number of amides is 1. The normalized spacial score (nSPS) is 14.6. The van der Waals surface area contributed by atoms with E-state index >= 15 is 0 Å². The number of hydrogen-bond acceptors (Lipinski definition) is 6. The van der Waals surface area contributed by atoms with Crippen LogP contribution in [0.1, 0.15) is 47.5 Å². The summed E-state index contributed by atoms with van der Waals surface area (Å²) in [6.07, 6.45) is 2.43. The van der Waals surface area contributed by atoms with Crippen molar-refractivity contribution in [2.24, 2.45) is 4.99 Å². The molecule has 2 heterocycles. The van der Waals surface area contributed by atoms with E-state index in [9.17, 15) is 4.79 Å². The van der Waals surface area contributed by atoms with Crippen LogP contribution in [0.15, 0.2) is 23.2 Å². The maximum atomic E-state index is 12.3. The van der Waals surface area contributed by atoms with Gasteiger partial charge in [0, 0.05) is 24.2 Å². The Bertz CT molecular complexity index is 1030. The number of carbonyl (C=O) groups is 1. The number of rotatable bonds is 8. The zero-order valence-electron chi connectivity index (χ0n) is 18.1. The maximum Gasteiger partial charge on any atom is 0.261 e. The van der Waals surface area contributed by atoms with Crippen LogP contribution in [0.2, 0.25) is 10.0 Å². The van der Waals surface area contributed by atoms with Gasteiger partial charge in [-0.2, -0.15) is 0 Å². The topological polar surface area (TPSA) is 104 Å². The van der Waals surface area contributed by atoms with Crippen LogP contribution < -0.4 is 15.8 Å². The Morgan fingerprint density at radius 2 is 1.97 bits per heavy atom. The van der Waals surface area contributed by atoms with Gasteiger partial charge in [0.15, 0.2) is 0 Å². The summed E-state index contributed by atoms with van der Waals surface area (Å²) >= 11 is 14.1. The third-order valence-corrected chi connectivity index (χ3v) is 6.57. The SMILES string of the molecule is CCNC(=O)c1cc(C(=NC(C)=N)c2cc(OCCN3CCCC3)c(Cl)cc2Cl)c(N)s1. The standard InChI is InChI=1S/C22H27Cl2N5O2S/c1-3-27-22(30)19-11-15(21(26)32-19)20(28-13(2)25)14-10-18(17(24)12-16(14)23)31-9-8-29-6-4-5-7-29/h10-12,25H,3-9,26H2,1-2H3,(H,27,30). The fourth-order valence-corrected chi connectivity index (χ4v) is 4.87. The number of likely N-dealkylation sites (tertiary alicyclic amines) is 1. The minimum atomic E-state index is -0.213. The number of nitrogen functional groups attached to an aromatic ring is 1. The number of nitrogens with one attached hydrogen (secondary N) is 2. The van der Waals surface area contributed by atoms with Gasteiger partial charge in [-0.25, -0.2) is 4.99 Å². The molecule has 1 aliphatic heterocycles. The van der Waals surface area contributed by atoms with Crippen molar-refractivity contribution in [1.29, 1.82) is 5.41 Å². The lowest BCUT2D eigenvalue weighted by atomic mass is 10.0. The van der Waals surface area contributed by atoms with Crippen molar-refractivity contribution >= 4 is 57.0 Å². The molecule has 4 N–H and O–H groups in total. The molecule has 2 aromatic rings. The molecule has 0 radical (unpaired) electrons.